The van der Waals surface area contributed by atoms with Crippen LogP contribution in [0.15, 0.2) is 18.7 Å². The van der Waals surface area contributed by atoms with E-state index in [1.165, 1.54) is 0 Å². The van der Waals surface area contributed by atoms with Crippen molar-refractivity contribution in [1.82, 2.24) is 9.47 Å². The van der Waals surface area contributed by atoms with Crippen LogP contribution in [0.3, 0.4) is 0 Å². The summed E-state index contributed by atoms with van der Waals surface area (Å²) in [7, 11) is 1.90. The molecule has 0 N–H and O–H groups in total. The van der Waals surface area contributed by atoms with E-state index in [-0.39, 0.29) is 18.2 Å². The quantitative estimate of drug-likeness (QED) is 0.598. The van der Waals surface area contributed by atoms with Gasteiger partial charge in [-0.3, -0.25) is 4.90 Å². The van der Waals surface area contributed by atoms with E-state index in [0.29, 0.717) is 13.1 Å². The van der Waals surface area contributed by atoms with Crippen molar-refractivity contribution < 1.29 is 14.1 Å². The summed E-state index contributed by atoms with van der Waals surface area (Å²) in [6.07, 6.45) is 5.61. The van der Waals surface area contributed by atoms with Crippen LogP contribution in [0.25, 0.3) is 0 Å². The number of nitrogens with zero attached hydrogens (tertiary/aromatic N) is 3. The first-order valence-electron chi connectivity index (χ1n) is 5.54. The first kappa shape index (κ1) is 11.1. The minimum Gasteiger partial charge on any atom is -0.372 e. The highest BCUT2D eigenvalue weighted by Crippen LogP contribution is 2.11. The highest BCUT2D eigenvalue weighted by atomic mass is 16.5. The Bertz CT molecular complexity index is 378. The van der Waals surface area contributed by atoms with Crippen LogP contribution < -0.4 is 4.57 Å². The van der Waals surface area contributed by atoms with Crippen molar-refractivity contribution in [2.45, 2.75) is 26.1 Å². The fraction of sp³-hybridized carbons (Fsp3) is 0.636. The molecule has 2 rings (SSSR count). The van der Waals surface area contributed by atoms with Crippen LogP contribution in [0.2, 0.25) is 0 Å². The monoisotopic (exact) mass is 224 g/mol. The topological polar surface area (TPSA) is 38.4 Å². The standard InChI is InChI=1S/C11H18N3O2/c1-9-6-14(7-10(2)16-9)11(15)13-5-4-12(3)8-13/h4-5,8-10H,6-7H2,1-3H3/q+1/t9-,10+. The Labute approximate surface area is 95.2 Å². The van der Waals surface area contributed by atoms with Crippen LogP contribution in [0, 0.1) is 0 Å². The zero-order valence-corrected chi connectivity index (χ0v) is 9.96. The lowest BCUT2D eigenvalue weighted by atomic mass is 10.2. The number of carbonyl (C=O) groups excluding carboxylic acids is 1. The van der Waals surface area contributed by atoms with Crippen molar-refractivity contribution in [1.29, 1.82) is 0 Å². The first-order valence-corrected chi connectivity index (χ1v) is 5.54. The number of aryl methyl sites for hydroxylation is 1. The zero-order chi connectivity index (χ0) is 11.7. The molecule has 0 bridgehead atoms. The number of hydrogen-bond donors (Lipinski definition) is 0. The Morgan fingerprint density at radius 1 is 1.38 bits per heavy atom. The van der Waals surface area contributed by atoms with E-state index in [0.717, 1.165) is 0 Å². The summed E-state index contributed by atoms with van der Waals surface area (Å²) in [6.45, 7) is 5.30. The molecule has 0 radical (unpaired) electrons. The van der Waals surface area contributed by atoms with Crippen molar-refractivity contribution in [3.05, 3.63) is 18.7 Å². The molecule has 88 valence electrons. The van der Waals surface area contributed by atoms with E-state index >= 15 is 0 Å². The van der Waals surface area contributed by atoms with Gasteiger partial charge in [0.25, 0.3) is 6.33 Å². The van der Waals surface area contributed by atoms with Gasteiger partial charge in [-0.25, -0.2) is 9.36 Å². The van der Waals surface area contributed by atoms with Crippen molar-refractivity contribution in [3.8, 4) is 0 Å². The second-order valence-corrected chi connectivity index (χ2v) is 4.43. The van der Waals surface area contributed by atoms with Crippen LogP contribution in [0.4, 0.5) is 4.79 Å². The molecule has 16 heavy (non-hydrogen) atoms. The van der Waals surface area contributed by atoms with Gasteiger partial charge in [-0.15, -0.1) is 0 Å². The van der Waals surface area contributed by atoms with E-state index in [1.54, 1.807) is 17.1 Å². The molecule has 1 amide bonds. The maximum Gasteiger partial charge on any atom is 0.415 e. The molecule has 1 aliphatic heterocycles. The molecule has 5 heteroatoms. The number of rotatable bonds is 0. The van der Waals surface area contributed by atoms with Crippen LogP contribution >= 0.6 is 0 Å². The number of morpholine rings is 1. The Morgan fingerprint density at radius 2 is 2.00 bits per heavy atom. The summed E-state index contributed by atoms with van der Waals surface area (Å²) >= 11 is 0. The predicted molar refractivity (Wildman–Crippen MR) is 58.0 cm³/mol. The Kier molecular flexibility index (Phi) is 2.96. The van der Waals surface area contributed by atoms with Crippen molar-refractivity contribution in [2.75, 3.05) is 13.1 Å². The third kappa shape index (κ3) is 2.24. The molecule has 0 unspecified atom stereocenters. The van der Waals surface area contributed by atoms with E-state index in [9.17, 15) is 4.79 Å². The van der Waals surface area contributed by atoms with Gasteiger partial charge >= 0.3 is 6.03 Å². The van der Waals surface area contributed by atoms with Gasteiger partial charge in [0.15, 0.2) is 0 Å². The minimum absolute atomic E-state index is 0.0163. The molecule has 0 saturated carbocycles. The number of amides is 1. The minimum atomic E-state index is 0.0163. The van der Waals surface area contributed by atoms with Gasteiger partial charge in [-0.1, -0.05) is 0 Å². The van der Waals surface area contributed by atoms with Crippen molar-refractivity contribution >= 4 is 6.03 Å². The zero-order valence-electron chi connectivity index (χ0n) is 9.96. The fourth-order valence-corrected chi connectivity index (χ4v) is 2.06. The number of carbonyl (C=O) groups is 1. The summed E-state index contributed by atoms with van der Waals surface area (Å²) in [4.78, 5) is 14.0. The number of hydrogen-bond acceptors (Lipinski definition) is 2. The van der Waals surface area contributed by atoms with Crippen LogP contribution in [0.1, 0.15) is 13.8 Å². The second-order valence-electron chi connectivity index (χ2n) is 4.43. The van der Waals surface area contributed by atoms with E-state index in [2.05, 4.69) is 0 Å². The largest absolute Gasteiger partial charge is 0.415 e. The van der Waals surface area contributed by atoms with Gasteiger partial charge in [0.05, 0.1) is 32.3 Å². The number of imidazole rings is 1. The van der Waals surface area contributed by atoms with Crippen LogP contribution in [-0.4, -0.2) is 40.8 Å². The third-order valence-electron chi connectivity index (χ3n) is 2.68. The predicted octanol–water partition coefficient (Wildman–Crippen LogP) is 0.390. The molecular weight excluding hydrogens is 206 g/mol. The highest BCUT2D eigenvalue weighted by molar-refractivity contribution is 5.76. The molecule has 0 spiro atoms. The van der Waals surface area contributed by atoms with E-state index in [4.69, 9.17) is 4.74 Å². The third-order valence-corrected chi connectivity index (χ3v) is 2.68. The molecule has 1 aliphatic rings. The van der Waals surface area contributed by atoms with Gasteiger partial charge in [0.1, 0.15) is 12.4 Å². The van der Waals surface area contributed by atoms with Crippen LogP contribution in [-0.2, 0) is 11.8 Å². The van der Waals surface area contributed by atoms with Crippen molar-refractivity contribution in [3.63, 3.8) is 0 Å². The lowest BCUT2D eigenvalue weighted by molar-refractivity contribution is -0.670. The SMILES string of the molecule is C[C@@H]1CN(C(=O)n2cc[n+](C)c2)C[C@H](C)O1. The van der Waals surface area contributed by atoms with Gasteiger partial charge in [-0.2, -0.15) is 4.57 Å². The van der Waals surface area contributed by atoms with Gasteiger partial charge in [0.2, 0.25) is 0 Å². The van der Waals surface area contributed by atoms with Gasteiger partial charge in [-0.05, 0) is 13.8 Å². The molecule has 1 aromatic rings. The summed E-state index contributed by atoms with van der Waals surface area (Å²) in [6, 6.07) is 0.0163. The number of ether oxygens (including phenoxy) is 1. The summed E-state index contributed by atoms with van der Waals surface area (Å²) < 4.78 is 9.05. The molecule has 2 atom stereocenters. The molecule has 0 aromatic carbocycles. The average molecular weight is 224 g/mol. The lowest BCUT2D eigenvalue weighted by Gasteiger charge is -2.33. The Balaban J connectivity index is 2.09. The summed E-state index contributed by atoms with van der Waals surface area (Å²) in [5.74, 6) is 0. The Hall–Kier alpha value is -1.36. The second kappa shape index (κ2) is 4.25. The summed E-state index contributed by atoms with van der Waals surface area (Å²) in [5.41, 5.74) is 0. The molecule has 2 heterocycles. The van der Waals surface area contributed by atoms with Crippen molar-refractivity contribution in [2.24, 2.45) is 7.05 Å². The number of aromatic nitrogens is 2. The van der Waals surface area contributed by atoms with E-state index in [1.807, 2.05) is 36.6 Å². The highest BCUT2D eigenvalue weighted by Gasteiger charge is 2.29. The smallest absolute Gasteiger partial charge is 0.372 e. The maximum absolute atomic E-state index is 12.1. The molecular formula is C11H18N3O2+. The molecule has 0 aliphatic carbocycles. The van der Waals surface area contributed by atoms with Crippen LogP contribution in [0.5, 0.6) is 0 Å². The molecule has 1 saturated heterocycles. The normalized spacial score (nSPS) is 25.8. The maximum atomic E-state index is 12.1. The van der Waals surface area contributed by atoms with E-state index < -0.39 is 0 Å². The Morgan fingerprint density at radius 3 is 2.50 bits per heavy atom. The fourth-order valence-electron chi connectivity index (χ4n) is 2.06. The molecule has 1 aromatic heterocycles. The molecule has 5 nitrogen and oxygen atoms in total. The van der Waals surface area contributed by atoms with Gasteiger partial charge in [0, 0.05) is 0 Å². The molecule has 1 fully saturated rings. The first-order chi connectivity index (χ1) is 7.56. The lowest BCUT2D eigenvalue weighted by Crippen LogP contribution is -2.49. The summed E-state index contributed by atoms with van der Waals surface area (Å²) in [5, 5.41) is 0. The average Bonchev–Trinajstić information content (AvgIpc) is 2.62. The van der Waals surface area contributed by atoms with Gasteiger partial charge < -0.3 is 4.74 Å².